The van der Waals surface area contributed by atoms with Gasteiger partial charge in [-0.05, 0) is 25.7 Å². The van der Waals surface area contributed by atoms with Crippen LogP contribution in [-0.2, 0) is 30.9 Å². The molecule has 1 atom stereocenters. The molecule has 1 saturated heterocycles. The zero-order chi connectivity index (χ0) is 13.9. The average molecular weight is 279 g/mol. The molecular weight excluding hydrogens is 254 g/mol. The van der Waals surface area contributed by atoms with Gasteiger partial charge in [0.25, 0.3) is 0 Å². The first-order valence-corrected chi connectivity index (χ1v) is 7.80. The van der Waals surface area contributed by atoms with Crippen molar-refractivity contribution in [1.82, 2.24) is 14.7 Å². The van der Waals surface area contributed by atoms with Gasteiger partial charge in [0.2, 0.25) is 0 Å². The smallest absolute Gasteiger partial charge is 0.0926 e. The van der Waals surface area contributed by atoms with E-state index in [-0.39, 0.29) is 6.61 Å². The Balaban J connectivity index is 1.69. The summed E-state index contributed by atoms with van der Waals surface area (Å²) in [4.78, 5) is 2.50. The van der Waals surface area contributed by atoms with Crippen molar-refractivity contribution in [2.45, 2.75) is 45.9 Å². The third kappa shape index (κ3) is 2.75. The Morgan fingerprint density at radius 1 is 1.45 bits per heavy atom. The summed E-state index contributed by atoms with van der Waals surface area (Å²) in [5.74, 6) is 0.670. The fourth-order valence-electron chi connectivity index (χ4n) is 3.48. The van der Waals surface area contributed by atoms with E-state index in [1.54, 1.807) is 0 Å². The van der Waals surface area contributed by atoms with E-state index in [4.69, 9.17) is 4.74 Å². The number of aryl methyl sites for hydroxylation is 1. The van der Waals surface area contributed by atoms with Crippen LogP contribution < -0.4 is 0 Å². The minimum atomic E-state index is 0.0513. The van der Waals surface area contributed by atoms with E-state index in [1.165, 1.54) is 24.1 Å². The van der Waals surface area contributed by atoms with Crippen LogP contribution in [0.1, 0.15) is 36.7 Å². The van der Waals surface area contributed by atoms with Gasteiger partial charge in [-0.25, -0.2) is 0 Å². The van der Waals surface area contributed by atoms with E-state index < -0.39 is 0 Å². The predicted molar refractivity (Wildman–Crippen MR) is 76.3 cm³/mol. The Bertz CT molecular complexity index is 452. The van der Waals surface area contributed by atoms with Crippen LogP contribution in [0.25, 0.3) is 0 Å². The fourth-order valence-corrected chi connectivity index (χ4v) is 3.48. The van der Waals surface area contributed by atoms with Gasteiger partial charge in [0.15, 0.2) is 0 Å². The van der Waals surface area contributed by atoms with Crippen LogP contribution in [-0.4, -0.2) is 46.1 Å². The third-order valence-electron chi connectivity index (χ3n) is 4.52. The minimum Gasteiger partial charge on any atom is -0.390 e. The van der Waals surface area contributed by atoms with Crippen molar-refractivity contribution in [2.24, 2.45) is 5.92 Å². The summed E-state index contributed by atoms with van der Waals surface area (Å²) in [7, 11) is 0. The van der Waals surface area contributed by atoms with Gasteiger partial charge in [-0.15, -0.1) is 0 Å². The van der Waals surface area contributed by atoms with Crippen LogP contribution in [0.2, 0.25) is 0 Å². The molecule has 0 amide bonds. The lowest BCUT2D eigenvalue weighted by molar-refractivity contribution is 0.0362. The van der Waals surface area contributed by atoms with Crippen molar-refractivity contribution >= 4 is 0 Å². The van der Waals surface area contributed by atoms with Gasteiger partial charge < -0.3 is 9.84 Å². The maximum atomic E-state index is 9.50. The molecular formula is C15H25N3O2. The van der Waals surface area contributed by atoms with E-state index in [9.17, 15) is 5.11 Å². The van der Waals surface area contributed by atoms with E-state index >= 15 is 0 Å². The van der Waals surface area contributed by atoms with Crippen molar-refractivity contribution in [3.05, 3.63) is 17.0 Å². The highest BCUT2D eigenvalue weighted by Gasteiger charge is 2.26. The molecule has 0 saturated carbocycles. The molecule has 2 aliphatic heterocycles. The highest BCUT2D eigenvalue weighted by Crippen LogP contribution is 2.25. The summed E-state index contributed by atoms with van der Waals surface area (Å²) in [5.41, 5.74) is 3.46. The number of ether oxygens (including phenoxy) is 1. The maximum Gasteiger partial charge on any atom is 0.0926 e. The van der Waals surface area contributed by atoms with Crippen LogP contribution in [0, 0.1) is 5.92 Å². The van der Waals surface area contributed by atoms with Crippen LogP contribution in [0.4, 0.5) is 0 Å². The zero-order valence-electron chi connectivity index (χ0n) is 12.3. The van der Waals surface area contributed by atoms with Gasteiger partial charge in [-0.1, -0.05) is 0 Å². The molecule has 5 nitrogen and oxygen atoms in total. The number of hydrogen-bond acceptors (Lipinski definition) is 4. The van der Waals surface area contributed by atoms with E-state index in [0.29, 0.717) is 5.92 Å². The Morgan fingerprint density at radius 2 is 2.35 bits per heavy atom. The van der Waals surface area contributed by atoms with Gasteiger partial charge >= 0.3 is 0 Å². The molecule has 0 radical (unpaired) electrons. The second kappa shape index (κ2) is 6.24. The molecule has 0 bridgehead atoms. The Morgan fingerprint density at radius 3 is 3.05 bits per heavy atom. The molecule has 20 heavy (non-hydrogen) atoms. The summed E-state index contributed by atoms with van der Waals surface area (Å²) in [6.07, 6.45) is 3.52. The minimum absolute atomic E-state index is 0.0513. The molecule has 0 aliphatic carbocycles. The molecule has 1 aromatic heterocycles. The number of nitrogens with zero attached hydrogens (tertiary/aromatic N) is 3. The molecule has 3 rings (SSSR count). The van der Waals surface area contributed by atoms with Crippen molar-refractivity contribution in [3.8, 4) is 0 Å². The summed E-state index contributed by atoms with van der Waals surface area (Å²) in [6.45, 7) is 8.03. The Kier molecular flexibility index (Phi) is 4.38. The van der Waals surface area contributed by atoms with Gasteiger partial charge in [0.05, 0.1) is 18.9 Å². The molecule has 1 N–H and O–H groups in total. The van der Waals surface area contributed by atoms with E-state index in [2.05, 4.69) is 21.6 Å². The first-order chi connectivity index (χ1) is 9.81. The Labute approximate surface area is 120 Å². The molecule has 5 heteroatoms. The van der Waals surface area contributed by atoms with Crippen molar-refractivity contribution in [3.63, 3.8) is 0 Å². The van der Waals surface area contributed by atoms with Crippen molar-refractivity contribution < 1.29 is 9.84 Å². The number of aliphatic hydroxyl groups is 1. The number of hydrogen-bond donors (Lipinski definition) is 1. The lowest BCUT2D eigenvalue weighted by Gasteiger charge is -2.32. The van der Waals surface area contributed by atoms with Gasteiger partial charge in [0, 0.05) is 50.5 Å². The average Bonchev–Trinajstić information content (AvgIpc) is 2.85. The quantitative estimate of drug-likeness (QED) is 0.899. The molecule has 1 aromatic rings. The number of rotatable bonds is 4. The lowest BCUT2D eigenvalue weighted by Crippen LogP contribution is -2.37. The fraction of sp³-hybridized carbons (Fsp3) is 0.800. The van der Waals surface area contributed by atoms with Crippen LogP contribution in [0.3, 0.4) is 0 Å². The first kappa shape index (κ1) is 14.0. The van der Waals surface area contributed by atoms with Crippen molar-refractivity contribution in [2.75, 3.05) is 26.3 Å². The zero-order valence-corrected chi connectivity index (χ0v) is 12.3. The predicted octanol–water partition coefficient (Wildman–Crippen LogP) is 1.18. The topological polar surface area (TPSA) is 50.5 Å². The summed E-state index contributed by atoms with van der Waals surface area (Å²) < 4.78 is 7.63. The summed E-state index contributed by atoms with van der Waals surface area (Å²) in [5, 5.41) is 14.0. The molecule has 0 aromatic carbocycles. The van der Waals surface area contributed by atoms with Gasteiger partial charge in [-0.2, -0.15) is 5.10 Å². The van der Waals surface area contributed by atoms with E-state index in [1.807, 2.05) is 0 Å². The SMILES string of the molecule is CCn1nc(CO)c2c1CCN(C[C@H]1CCCOC1)C2. The van der Waals surface area contributed by atoms with E-state index in [0.717, 1.165) is 51.5 Å². The Hall–Kier alpha value is -0.910. The van der Waals surface area contributed by atoms with Crippen LogP contribution in [0.15, 0.2) is 0 Å². The molecule has 112 valence electrons. The molecule has 0 spiro atoms. The highest BCUT2D eigenvalue weighted by molar-refractivity contribution is 5.28. The third-order valence-corrected chi connectivity index (χ3v) is 4.52. The number of aliphatic hydroxyl groups excluding tert-OH is 1. The molecule has 2 aliphatic rings. The maximum absolute atomic E-state index is 9.50. The van der Waals surface area contributed by atoms with Gasteiger partial charge in [0.1, 0.15) is 0 Å². The van der Waals surface area contributed by atoms with Crippen LogP contribution >= 0.6 is 0 Å². The van der Waals surface area contributed by atoms with Crippen molar-refractivity contribution in [1.29, 1.82) is 0 Å². The summed E-state index contributed by atoms with van der Waals surface area (Å²) >= 11 is 0. The lowest BCUT2D eigenvalue weighted by atomic mass is 9.99. The second-order valence-electron chi connectivity index (χ2n) is 5.91. The first-order valence-electron chi connectivity index (χ1n) is 7.80. The molecule has 3 heterocycles. The molecule has 1 fully saturated rings. The second-order valence-corrected chi connectivity index (χ2v) is 5.91. The largest absolute Gasteiger partial charge is 0.390 e. The normalized spacial score (nSPS) is 23.8. The summed E-state index contributed by atoms with van der Waals surface area (Å²) in [6, 6.07) is 0. The standard InChI is InChI=1S/C15H25N3O2/c1-2-18-15-5-6-17(8-12-4-3-7-20-11-12)9-13(15)14(10-19)16-18/h12,19H,2-11H2,1H3/t12-/m1/s1. The van der Waals surface area contributed by atoms with Gasteiger partial charge in [-0.3, -0.25) is 9.58 Å². The monoisotopic (exact) mass is 279 g/mol. The number of fused-ring (bicyclic) bond motifs is 1. The molecule has 0 unspecified atom stereocenters. The highest BCUT2D eigenvalue weighted by atomic mass is 16.5. The van der Waals surface area contributed by atoms with Crippen LogP contribution in [0.5, 0.6) is 0 Å². The number of aromatic nitrogens is 2.